The second-order valence-electron chi connectivity index (χ2n) is 4.83. The Hall–Kier alpha value is -2.69. The minimum absolute atomic E-state index is 0.0425. The molecular weight excluding hydrogens is 270 g/mol. The van der Waals surface area contributed by atoms with E-state index in [2.05, 4.69) is 5.32 Å². The predicted octanol–water partition coefficient (Wildman–Crippen LogP) is 2.72. The van der Waals surface area contributed by atoms with Crippen LogP contribution in [0.3, 0.4) is 0 Å². The van der Waals surface area contributed by atoms with Crippen LogP contribution in [0, 0.1) is 6.92 Å². The lowest BCUT2D eigenvalue weighted by molar-refractivity contribution is 0.102. The van der Waals surface area contributed by atoms with Crippen molar-refractivity contribution in [1.82, 2.24) is 0 Å². The minimum Gasteiger partial charge on any atom is -0.506 e. The van der Waals surface area contributed by atoms with Gasteiger partial charge in [-0.3, -0.25) is 4.79 Å². The van der Waals surface area contributed by atoms with Gasteiger partial charge in [-0.1, -0.05) is 6.07 Å². The molecule has 1 amide bonds. The van der Waals surface area contributed by atoms with Crippen LogP contribution < -0.4 is 14.8 Å². The lowest BCUT2D eigenvalue weighted by Gasteiger charge is -2.18. The summed E-state index contributed by atoms with van der Waals surface area (Å²) in [5.41, 5.74) is 1.74. The molecule has 1 aliphatic heterocycles. The van der Waals surface area contributed by atoms with Gasteiger partial charge in [-0.2, -0.15) is 0 Å². The molecule has 108 valence electrons. The SMILES string of the molecule is Cc1ccc(NC(=O)c2ccc3c(c2)OCCO3)c(O)c1. The molecule has 2 aromatic rings. The number of ether oxygens (including phenoxy) is 2. The van der Waals surface area contributed by atoms with Gasteiger partial charge in [0.05, 0.1) is 5.69 Å². The smallest absolute Gasteiger partial charge is 0.255 e. The molecule has 0 fully saturated rings. The molecule has 0 aliphatic carbocycles. The lowest BCUT2D eigenvalue weighted by Crippen LogP contribution is -2.17. The molecule has 0 spiro atoms. The monoisotopic (exact) mass is 285 g/mol. The molecule has 0 aromatic heterocycles. The molecule has 0 saturated carbocycles. The number of carbonyl (C=O) groups excluding carboxylic acids is 1. The van der Waals surface area contributed by atoms with Gasteiger partial charge in [0.1, 0.15) is 19.0 Å². The zero-order valence-electron chi connectivity index (χ0n) is 11.6. The first kappa shape index (κ1) is 13.3. The number of phenolic OH excluding ortho intramolecular Hbond substituents is 1. The van der Waals surface area contributed by atoms with E-state index < -0.39 is 0 Å². The number of benzene rings is 2. The number of hydrogen-bond donors (Lipinski definition) is 2. The number of phenols is 1. The summed E-state index contributed by atoms with van der Waals surface area (Å²) in [6.45, 7) is 2.85. The van der Waals surface area contributed by atoms with Gasteiger partial charge in [-0.05, 0) is 42.8 Å². The lowest BCUT2D eigenvalue weighted by atomic mass is 10.1. The zero-order valence-corrected chi connectivity index (χ0v) is 11.6. The van der Waals surface area contributed by atoms with Crippen LogP contribution in [0.5, 0.6) is 17.2 Å². The third kappa shape index (κ3) is 2.76. The van der Waals surface area contributed by atoms with Gasteiger partial charge in [-0.25, -0.2) is 0 Å². The Balaban J connectivity index is 1.82. The molecule has 0 saturated heterocycles. The quantitative estimate of drug-likeness (QED) is 0.832. The highest BCUT2D eigenvalue weighted by molar-refractivity contribution is 6.05. The first-order valence-corrected chi connectivity index (χ1v) is 6.64. The maximum atomic E-state index is 12.2. The van der Waals surface area contributed by atoms with Crippen LogP contribution in [0.1, 0.15) is 15.9 Å². The van der Waals surface area contributed by atoms with E-state index in [-0.39, 0.29) is 11.7 Å². The minimum atomic E-state index is -0.314. The predicted molar refractivity (Wildman–Crippen MR) is 78.2 cm³/mol. The molecule has 0 radical (unpaired) electrons. The summed E-state index contributed by atoms with van der Waals surface area (Å²) in [4.78, 5) is 12.2. The van der Waals surface area contributed by atoms with Gasteiger partial charge < -0.3 is 19.9 Å². The topological polar surface area (TPSA) is 67.8 Å². The third-order valence-electron chi connectivity index (χ3n) is 3.21. The second kappa shape index (κ2) is 5.36. The van der Waals surface area contributed by atoms with E-state index in [1.54, 1.807) is 30.3 Å². The second-order valence-corrected chi connectivity index (χ2v) is 4.83. The number of amides is 1. The Morgan fingerprint density at radius 3 is 2.62 bits per heavy atom. The third-order valence-corrected chi connectivity index (χ3v) is 3.21. The molecule has 0 bridgehead atoms. The van der Waals surface area contributed by atoms with Crippen molar-refractivity contribution in [3.05, 3.63) is 47.5 Å². The van der Waals surface area contributed by atoms with Crippen molar-refractivity contribution >= 4 is 11.6 Å². The van der Waals surface area contributed by atoms with Gasteiger partial charge >= 0.3 is 0 Å². The van der Waals surface area contributed by atoms with Crippen molar-refractivity contribution in [1.29, 1.82) is 0 Å². The molecule has 2 N–H and O–H groups in total. The summed E-state index contributed by atoms with van der Waals surface area (Å²) >= 11 is 0. The Kier molecular flexibility index (Phi) is 3.39. The number of nitrogens with one attached hydrogen (secondary N) is 1. The van der Waals surface area contributed by atoms with Crippen molar-refractivity contribution in [2.45, 2.75) is 6.92 Å². The van der Waals surface area contributed by atoms with Crippen LogP contribution in [0.15, 0.2) is 36.4 Å². The summed E-state index contributed by atoms with van der Waals surface area (Å²) in [5.74, 6) is 0.921. The summed E-state index contributed by atoms with van der Waals surface area (Å²) in [6.07, 6.45) is 0. The molecule has 5 nitrogen and oxygen atoms in total. The van der Waals surface area contributed by atoms with Gasteiger partial charge in [0.2, 0.25) is 0 Å². The highest BCUT2D eigenvalue weighted by Crippen LogP contribution is 2.31. The number of hydrogen-bond acceptors (Lipinski definition) is 4. The number of rotatable bonds is 2. The maximum Gasteiger partial charge on any atom is 0.255 e. The van der Waals surface area contributed by atoms with Crippen molar-refractivity contribution in [2.75, 3.05) is 18.5 Å². The average molecular weight is 285 g/mol. The summed E-state index contributed by atoms with van der Waals surface area (Å²) in [5, 5.41) is 12.5. The van der Waals surface area contributed by atoms with Crippen LogP contribution in [-0.2, 0) is 0 Å². The number of fused-ring (bicyclic) bond motifs is 1. The van der Waals surface area contributed by atoms with E-state index in [0.29, 0.717) is 36.0 Å². The molecular formula is C16H15NO4. The number of anilines is 1. The molecule has 1 heterocycles. The molecule has 2 aromatic carbocycles. The highest BCUT2D eigenvalue weighted by atomic mass is 16.6. The van der Waals surface area contributed by atoms with Gasteiger partial charge in [0.15, 0.2) is 11.5 Å². The van der Waals surface area contributed by atoms with Crippen LogP contribution in [0.4, 0.5) is 5.69 Å². The first-order valence-electron chi connectivity index (χ1n) is 6.64. The molecule has 21 heavy (non-hydrogen) atoms. The van der Waals surface area contributed by atoms with Crippen molar-refractivity contribution in [3.63, 3.8) is 0 Å². The normalized spacial score (nSPS) is 12.8. The van der Waals surface area contributed by atoms with Crippen LogP contribution in [0.25, 0.3) is 0 Å². The first-order chi connectivity index (χ1) is 10.1. The Morgan fingerprint density at radius 1 is 1.10 bits per heavy atom. The van der Waals surface area contributed by atoms with E-state index in [0.717, 1.165) is 5.56 Å². The van der Waals surface area contributed by atoms with E-state index in [1.165, 1.54) is 0 Å². The van der Waals surface area contributed by atoms with Crippen molar-refractivity contribution in [3.8, 4) is 17.2 Å². The Bertz CT molecular complexity index is 697. The van der Waals surface area contributed by atoms with E-state index >= 15 is 0 Å². The number of aromatic hydroxyl groups is 1. The number of carbonyl (C=O) groups is 1. The fraction of sp³-hybridized carbons (Fsp3) is 0.188. The zero-order chi connectivity index (χ0) is 14.8. The standard InChI is InChI=1S/C16H15NO4/c1-10-2-4-12(13(18)8-10)17-16(19)11-3-5-14-15(9-11)21-7-6-20-14/h2-5,8-9,18H,6-7H2,1H3,(H,17,19). The number of aryl methyl sites for hydroxylation is 1. The van der Waals surface area contributed by atoms with E-state index in [9.17, 15) is 9.90 Å². The molecule has 0 atom stereocenters. The Morgan fingerprint density at radius 2 is 1.86 bits per heavy atom. The summed E-state index contributed by atoms with van der Waals surface area (Å²) < 4.78 is 10.9. The van der Waals surface area contributed by atoms with Crippen LogP contribution in [0.2, 0.25) is 0 Å². The fourth-order valence-electron chi connectivity index (χ4n) is 2.13. The fourth-order valence-corrected chi connectivity index (χ4v) is 2.13. The van der Waals surface area contributed by atoms with E-state index in [1.807, 2.05) is 13.0 Å². The molecule has 1 aliphatic rings. The summed E-state index contributed by atoms with van der Waals surface area (Å²) in [7, 11) is 0. The molecule has 5 heteroatoms. The van der Waals surface area contributed by atoms with E-state index in [4.69, 9.17) is 9.47 Å². The summed E-state index contributed by atoms with van der Waals surface area (Å²) in [6, 6.07) is 10.1. The Labute approximate surface area is 122 Å². The van der Waals surface area contributed by atoms with Gasteiger partial charge in [0.25, 0.3) is 5.91 Å². The van der Waals surface area contributed by atoms with Crippen molar-refractivity contribution < 1.29 is 19.4 Å². The molecule has 3 rings (SSSR count). The highest BCUT2D eigenvalue weighted by Gasteiger charge is 2.15. The van der Waals surface area contributed by atoms with Crippen LogP contribution >= 0.6 is 0 Å². The van der Waals surface area contributed by atoms with Gasteiger partial charge in [-0.15, -0.1) is 0 Å². The van der Waals surface area contributed by atoms with Crippen LogP contribution in [-0.4, -0.2) is 24.2 Å². The van der Waals surface area contributed by atoms with Gasteiger partial charge in [0, 0.05) is 5.56 Å². The maximum absolute atomic E-state index is 12.2. The van der Waals surface area contributed by atoms with Crippen molar-refractivity contribution in [2.24, 2.45) is 0 Å². The largest absolute Gasteiger partial charge is 0.506 e. The average Bonchev–Trinajstić information content (AvgIpc) is 2.49. The molecule has 0 unspecified atom stereocenters.